The molecule has 3 aromatic heterocycles. The van der Waals surface area contributed by atoms with Crippen LogP contribution in [0.1, 0.15) is 32.4 Å². The Hall–Kier alpha value is -3.09. The lowest BCUT2D eigenvalue weighted by Gasteiger charge is -2.44. The summed E-state index contributed by atoms with van der Waals surface area (Å²) in [7, 11) is -3.32. The molecule has 2 N–H and O–H groups in total. The maximum Gasteiger partial charge on any atom is 0.275 e. The van der Waals surface area contributed by atoms with E-state index in [1.165, 1.54) is 11.3 Å². The number of rotatable bonds is 9. The maximum atomic E-state index is 11.4. The summed E-state index contributed by atoms with van der Waals surface area (Å²) in [6, 6.07) is 10.9. The molecular weight excluding hydrogens is 512 g/mol. The van der Waals surface area contributed by atoms with E-state index in [9.17, 15) is 8.42 Å². The first-order chi connectivity index (χ1) is 17.7. The molecule has 1 fully saturated rings. The van der Waals surface area contributed by atoms with Crippen LogP contribution in [0.15, 0.2) is 47.1 Å². The zero-order valence-electron chi connectivity index (χ0n) is 21.0. The molecule has 0 spiro atoms. The van der Waals surface area contributed by atoms with Gasteiger partial charge in [0.2, 0.25) is 10.0 Å². The average molecular weight is 543 g/mol. The van der Waals surface area contributed by atoms with E-state index in [1.807, 2.05) is 24.3 Å². The molecule has 10 nitrogen and oxygen atoms in total. The van der Waals surface area contributed by atoms with Crippen LogP contribution in [0.2, 0.25) is 0 Å². The number of hydrogen-bond donors (Lipinski definition) is 2. The van der Waals surface area contributed by atoms with Gasteiger partial charge in [-0.1, -0.05) is 37.3 Å². The number of hydrogen-bond acceptors (Lipinski definition) is 10. The van der Waals surface area contributed by atoms with E-state index in [4.69, 9.17) is 14.2 Å². The highest BCUT2D eigenvalue weighted by atomic mass is 32.2. The van der Waals surface area contributed by atoms with Gasteiger partial charge in [-0.2, -0.15) is 0 Å². The van der Waals surface area contributed by atoms with Gasteiger partial charge in [0, 0.05) is 21.9 Å². The van der Waals surface area contributed by atoms with Crippen LogP contribution in [0.25, 0.3) is 21.6 Å². The summed E-state index contributed by atoms with van der Waals surface area (Å²) in [5, 5.41) is 11.8. The molecule has 37 heavy (non-hydrogen) atoms. The Morgan fingerprint density at radius 2 is 2.03 bits per heavy atom. The molecule has 1 aliphatic rings. The number of ether oxygens (including phenoxy) is 1. The lowest BCUT2D eigenvalue weighted by atomic mass is 9.63. The van der Waals surface area contributed by atoms with Crippen LogP contribution in [-0.2, 0) is 15.4 Å². The summed E-state index contributed by atoms with van der Waals surface area (Å²) in [5.74, 6) is 1.65. The number of nitrogens with zero attached hydrogens (tertiary/aromatic N) is 4. The van der Waals surface area contributed by atoms with Crippen molar-refractivity contribution >= 4 is 37.4 Å². The molecule has 1 saturated heterocycles. The number of benzene rings is 1. The summed E-state index contributed by atoms with van der Waals surface area (Å²) >= 11 is 1.41. The van der Waals surface area contributed by atoms with Crippen molar-refractivity contribution in [2.45, 2.75) is 32.1 Å². The van der Waals surface area contributed by atoms with Gasteiger partial charge in [-0.25, -0.2) is 18.4 Å². The minimum Gasteiger partial charge on any atom is -0.470 e. The van der Waals surface area contributed by atoms with Gasteiger partial charge in [0.05, 0.1) is 24.8 Å². The highest BCUT2D eigenvalue weighted by Gasteiger charge is 2.46. The summed E-state index contributed by atoms with van der Waals surface area (Å²) in [6.07, 6.45) is 4.57. The topological polar surface area (TPSA) is 132 Å². The van der Waals surface area contributed by atoms with Gasteiger partial charge in [-0.3, -0.25) is 4.72 Å². The van der Waals surface area contributed by atoms with Crippen molar-refractivity contribution in [3.8, 4) is 16.5 Å². The van der Waals surface area contributed by atoms with Crippen LogP contribution in [0, 0.1) is 11.8 Å². The van der Waals surface area contributed by atoms with Gasteiger partial charge in [0.25, 0.3) is 5.19 Å². The molecule has 0 radical (unpaired) electrons. The molecule has 2 atom stereocenters. The fourth-order valence-corrected chi connectivity index (χ4v) is 6.59. The largest absolute Gasteiger partial charge is 0.470 e. The first-order valence-electron chi connectivity index (χ1n) is 12.2. The van der Waals surface area contributed by atoms with Crippen molar-refractivity contribution in [3.63, 3.8) is 0 Å². The Morgan fingerprint density at radius 1 is 1.22 bits per heavy atom. The second kappa shape index (κ2) is 10.3. The third kappa shape index (κ3) is 5.60. The smallest absolute Gasteiger partial charge is 0.275 e. The lowest BCUT2D eigenvalue weighted by molar-refractivity contribution is 0.0902. The SMILES string of the molecule is CC(C)C1CNCCC1(CCOc1nc2ccc(-c3ccc(NS(C)(=O)=O)cc3)nc2s1)c1cnno1. The Labute approximate surface area is 219 Å². The zero-order chi connectivity index (χ0) is 26.0. The zero-order valence-corrected chi connectivity index (χ0v) is 22.6. The second-order valence-corrected chi connectivity index (χ2v) is 12.5. The third-order valence-corrected chi connectivity index (χ3v) is 8.46. The predicted molar refractivity (Wildman–Crippen MR) is 143 cm³/mol. The van der Waals surface area contributed by atoms with Crippen molar-refractivity contribution in [1.29, 1.82) is 0 Å². The Bertz CT molecular complexity index is 1450. The van der Waals surface area contributed by atoms with Crippen LogP contribution in [-0.4, -0.2) is 54.7 Å². The number of anilines is 1. The molecule has 0 amide bonds. The Morgan fingerprint density at radius 3 is 2.73 bits per heavy atom. The van der Waals surface area contributed by atoms with Crippen molar-refractivity contribution in [2.24, 2.45) is 11.8 Å². The number of nitrogens with one attached hydrogen (secondary N) is 2. The molecule has 12 heteroatoms. The van der Waals surface area contributed by atoms with E-state index in [0.717, 1.165) is 59.6 Å². The molecule has 0 aliphatic carbocycles. The highest BCUT2D eigenvalue weighted by Crippen LogP contribution is 2.44. The minimum atomic E-state index is -3.32. The number of fused-ring (bicyclic) bond motifs is 1. The summed E-state index contributed by atoms with van der Waals surface area (Å²) < 4.78 is 37.1. The fraction of sp³-hybridized carbons (Fsp3) is 0.440. The van der Waals surface area contributed by atoms with Crippen molar-refractivity contribution in [1.82, 2.24) is 25.7 Å². The van der Waals surface area contributed by atoms with Gasteiger partial charge < -0.3 is 14.6 Å². The van der Waals surface area contributed by atoms with E-state index >= 15 is 0 Å². The van der Waals surface area contributed by atoms with Crippen LogP contribution in [0.5, 0.6) is 5.19 Å². The first-order valence-corrected chi connectivity index (χ1v) is 14.9. The van der Waals surface area contributed by atoms with Crippen molar-refractivity contribution in [3.05, 3.63) is 48.4 Å². The quantitative estimate of drug-likeness (QED) is 0.321. The van der Waals surface area contributed by atoms with Gasteiger partial charge in [-0.15, -0.1) is 5.10 Å². The lowest BCUT2D eigenvalue weighted by Crippen LogP contribution is -2.50. The average Bonchev–Trinajstić information content (AvgIpc) is 3.53. The number of aromatic nitrogens is 4. The van der Waals surface area contributed by atoms with Crippen LogP contribution in [0.3, 0.4) is 0 Å². The Balaban J connectivity index is 1.31. The molecule has 4 heterocycles. The third-order valence-electron chi connectivity index (χ3n) is 6.97. The molecular formula is C25H30N6O4S2. The predicted octanol–water partition coefficient (Wildman–Crippen LogP) is 4.09. The van der Waals surface area contributed by atoms with Crippen molar-refractivity contribution < 1.29 is 17.7 Å². The van der Waals surface area contributed by atoms with E-state index in [0.29, 0.717) is 29.3 Å². The maximum absolute atomic E-state index is 11.4. The minimum absolute atomic E-state index is 0.191. The monoisotopic (exact) mass is 542 g/mol. The second-order valence-electron chi connectivity index (χ2n) is 9.79. The molecule has 2 unspecified atom stereocenters. The number of sulfonamides is 1. The van der Waals surface area contributed by atoms with Crippen LogP contribution < -0.4 is 14.8 Å². The van der Waals surface area contributed by atoms with Gasteiger partial charge in [-0.05, 0) is 62.0 Å². The van der Waals surface area contributed by atoms with E-state index in [2.05, 4.69) is 39.2 Å². The number of piperidine rings is 1. The van der Waals surface area contributed by atoms with E-state index in [1.54, 1.807) is 18.3 Å². The molecule has 1 aliphatic heterocycles. The molecule has 196 valence electrons. The molecule has 1 aromatic carbocycles. The van der Waals surface area contributed by atoms with E-state index < -0.39 is 10.0 Å². The van der Waals surface area contributed by atoms with Gasteiger partial charge >= 0.3 is 0 Å². The first kappa shape index (κ1) is 25.6. The fourth-order valence-electron chi connectivity index (χ4n) is 5.21. The molecule has 0 bridgehead atoms. The normalized spacial score (nSPS) is 20.4. The molecule has 4 aromatic rings. The number of pyridine rings is 1. The standard InChI is InChI=1S/C25H30N6O4S2/c1-16(2)19-14-26-12-10-25(19,22-15-27-31-35-22)11-13-34-24-29-21-9-8-20(28-23(21)36-24)17-4-6-18(7-5-17)30-37(3,32)33/h4-9,15-16,19,26,30H,10-14H2,1-3H3. The van der Waals surface area contributed by atoms with E-state index in [-0.39, 0.29) is 5.41 Å². The summed E-state index contributed by atoms with van der Waals surface area (Å²) in [4.78, 5) is 10.2. The summed E-state index contributed by atoms with van der Waals surface area (Å²) in [6.45, 7) is 6.79. The van der Waals surface area contributed by atoms with Crippen LogP contribution in [0.4, 0.5) is 5.69 Å². The van der Waals surface area contributed by atoms with Gasteiger partial charge in [0.1, 0.15) is 10.3 Å². The molecule has 5 rings (SSSR count). The highest BCUT2D eigenvalue weighted by molar-refractivity contribution is 7.92. The van der Waals surface area contributed by atoms with Gasteiger partial charge in [0.15, 0.2) is 5.76 Å². The van der Waals surface area contributed by atoms with Crippen LogP contribution >= 0.6 is 11.3 Å². The Kier molecular flexibility index (Phi) is 7.15. The molecule has 0 saturated carbocycles. The van der Waals surface area contributed by atoms with Crippen molar-refractivity contribution in [2.75, 3.05) is 30.7 Å². The number of thiazole rings is 1. The summed E-state index contributed by atoms with van der Waals surface area (Å²) in [5.41, 5.74) is 2.75.